The van der Waals surface area contributed by atoms with Crippen molar-refractivity contribution < 1.29 is 5.11 Å². The van der Waals surface area contributed by atoms with Crippen molar-refractivity contribution in [2.24, 2.45) is 5.92 Å². The van der Waals surface area contributed by atoms with Gasteiger partial charge in [0.1, 0.15) is 0 Å². The van der Waals surface area contributed by atoms with Crippen molar-refractivity contribution in [3.63, 3.8) is 0 Å². The van der Waals surface area contributed by atoms with E-state index in [4.69, 9.17) is 0 Å². The van der Waals surface area contributed by atoms with Crippen LogP contribution in [0.5, 0.6) is 0 Å². The summed E-state index contributed by atoms with van der Waals surface area (Å²) in [6.07, 6.45) is 1.89. The third-order valence-electron chi connectivity index (χ3n) is 4.38. The van der Waals surface area contributed by atoms with E-state index in [0.717, 1.165) is 51.3 Å². The first-order chi connectivity index (χ1) is 10.6. The first-order valence-corrected chi connectivity index (χ1v) is 8.58. The molecule has 0 aliphatic carbocycles. The highest BCUT2D eigenvalue weighted by Gasteiger charge is 2.26. The minimum absolute atomic E-state index is 0.284. The fourth-order valence-electron chi connectivity index (χ4n) is 3.30. The van der Waals surface area contributed by atoms with Crippen LogP contribution in [-0.2, 0) is 6.42 Å². The quantitative estimate of drug-likeness (QED) is 0.836. The van der Waals surface area contributed by atoms with Gasteiger partial charge in [-0.15, -0.1) is 0 Å². The molecule has 1 N–H and O–H groups in total. The second-order valence-corrected chi connectivity index (χ2v) is 6.88. The topological polar surface area (TPSA) is 39.6 Å². The van der Waals surface area contributed by atoms with Crippen molar-refractivity contribution in [2.45, 2.75) is 39.7 Å². The number of nitrogens with zero attached hydrogens (tertiary/aromatic N) is 3. The highest BCUT2D eigenvalue weighted by Crippen LogP contribution is 2.15. The lowest BCUT2D eigenvalue weighted by Gasteiger charge is -2.42. The van der Waals surface area contributed by atoms with Crippen LogP contribution in [0.3, 0.4) is 0 Å². The zero-order valence-electron chi connectivity index (χ0n) is 14.3. The van der Waals surface area contributed by atoms with E-state index in [0.29, 0.717) is 12.0 Å². The molecule has 1 atom stereocenters. The molecule has 4 heteroatoms. The Bertz CT molecular complexity index is 450. The summed E-state index contributed by atoms with van der Waals surface area (Å²) in [4.78, 5) is 9.68. The lowest BCUT2D eigenvalue weighted by molar-refractivity contribution is 0.0518. The molecule has 0 radical (unpaired) electrons. The lowest BCUT2D eigenvalue weighted by atomic mass is 10.1. The van der Waals surface area contributed by atoms with Crippen LogP contribution in [0.15, 0.2) is 18.2 Å². The van der Waals surface area contributed by atoms with Gasteiger partial charge in [-0.3, -0.25) is 9.88 Å². The first kappa shape index (κ1) is 17.4. The van der Waals surface area contributed by atoms with Crippen LogP contribution in [0.2, 0.25) is 0 Å². The second-order valence-electron chi connectivity index (χ2n) is 6.88. The lowest BCUT2D eigenvalue weighted by Crippen LogP contribution is -2.54. The van der Waals surface area contributed by atoms with Crippen LogP contribution in [0.25, 0.3) is 0 Å². The van der Waals surface area contributed by atoms with Crippen LogP contribution < -0.4 is 0 Å². The number of aryl methyl sites for hydroxylation is 1. The molecule has 0 aromatic carbocycles. The maximum Gasteiger partial charge on any atom is 0.0446 e. The zero-order valence-corrected chi connectivity index (χ0v) is 14.3. The van der Waals surface area contributed by atoms with Crippen LogP contribution >= 0.6 is 0 Å². The normalized spacial score (nSPS) is 20.7. The molecule has 124 valence electrons. The van der Waals surface area contributed by atoms with Gasteiger partial charge in [-0.05, 0) is 31.4 Å². The maximum absolute atomic E-state index is 9.34. The third-order valence-corrected chi connectivity index (χ3v) is 4.38. The van der Waals surface area contributed by atoms with E-state index in [-0.39, 0.29) is 6.61 Å². The van der Waals surface area contributed by atoms with E-state index in [1.165, 1.54) is 5.69 Å². The van der Waals surface area contributed by atoms with Crippen molar-refractivity contribution in [1.82, 2.24) is 14.8 Å². The van der Waals surface area contributed by atoms with Crippen molar-refractivity contribution in [3.8, 4) is 0 Å². The summed E-state index contributed by atoms with van der Waals surface area (Å²) >= 11 is 0. The third kappa shape index (κ3) is 5.34. The molecule has 2 rings (SSSR count). The van der Waals surface area contributed by atoms with E-state index in [2.05, 4.69) is 40.8 Å². The second kappa shape index (κ2) is 8.61. The zero-order chi connectivity index (χ0) is 15.9. The molecule has 1 fully saturated rings. The molecule has 1 aromatic heterocycles. The molecular formula is C18H31N3O. The summed E-state index contributed by atoms with van der Waals surface area (Å²) < 4.78 is 0. The van der Waals surface area contributed by atoms with Gasteiger partial charge >= 0.3 is 0 Å². The van der Waals surface area contributed by atoms with Gasteiger partial charge in [0.25, 0.3) is 0 Å². The number of pyridine rings is 1. The van der Waals surface area contributed by atoms with Crippen LogP contribution in [0, 0.1) is 12.8 Å². The summed E-state index contributed by atoms with van der Waals surface area (Å²) in [5.41, 5.74) is 2.28. The van der Waals surface area contributed by atoms with Gasteiger partial charge in [0.05, 0.1) is 0 Å². The Hall–Kier alpha value is -0.970. The maximum atomic E-state index is 9.34. The van der Waals surface area contributed by atoms with Gasteiger partial charge < -0.3 is 10.0 Å². The summed E-state index contributed by atoms with van der Waals surface area (Å²) in [5.74, 6) is 0.684. The summed E-state index contributed by atoms with van der Waals surface area (Å²) in [5, 5.41) is 9.34. The molecule has 1 aromatic rings. The highest BCUT2D eigenvalue weighted by atomic mass is 16.3. The Balaban J connectivity index is 1.85. The summed E-state index contributed by atoms with van der Waals surface area (Å²) in [6.45, 7) is 12.4. The predicted molar refractivity (Wildman–Crippen MR) is 91.0 cm³/mol. The van der Waals surface area contributed by atoms with Crippen LogP contribution in [-0.4, -0.2) is 65.3 Å². The number of rotatable bonds is 7. The van der Waals surface area contributed by atoms with E-state index in [1.54, 1.807) is 0 Å². The van der Waals surface area contributed by atoms with Gasteiger partial charge in [0.2, 0.25) is 0 Å². The Kier molecular flexibility index (Phi) is 6.80. The Morgan fingerprint density at radius 3 is 2.82 bits per heavy atom. The molecule has 2 heterocycles. The van der Waals surface area contributed by atoms with E-state index in [1.807, 2.05) is 13.0 Å². The molecule has 1 aliphatic rings. The molecule has 22 heavy (non-hydrogen) atoms. The Morgan fingerprint density at radius 1 is 1.32 bits per heavy atom. The first-order valence-electron chi connectivity index (χ1n) is 8.58. The number of hydrogen-bond acceptors (Lipinski definition) is 4. The average molecular weight is 305 g/mol. The Morgan fingerprint density at radius 2 is 2.14 bits per heavy atom. The van der Waals surface area contributed by atoms with E-state index in [9.17, 15) is 5.11 Å². The van der Waals surface area contributed by atoms with Crippen molar-refractivity contribution in [3.05, 3.63) is 29.6 Å². The SMILES string of the molecule is Cc1cccc(CCN2CCN(CC(C)C)C(CCO)C2)n1. The molecular weight excluding hydrogens is 274 g/mol. The molecule has 4 nitrogen and oxygen atoms in total. The molecule has 1 aliphatic heterocycles. The minimum atomic E-state index is 0.284. The van der Waals surface area contributed by atoms with Crippen molar-refractivity contribution >= 4 is 0 Å². The number of hydrogen-bond donors (Lipinski definition) is 1. The molecule has 0 amide bonds. The molecule has 0 bridgehead atoms. The molecule has 0 saturated carbocycles. The van der Waals surface area contributed by atoms with Gasteiger partial charge in [0, 0.05) is 63.2 Å². The van der Waals surface area contributed by atoms with Crippen LogP contribution in [0.4, 0.5) is 0 Å². The summed E-state index contributed by atoms with van der Waals surface area (Å²) in [7, 11) is 0. The van der Waals surface area contributed by atoms with Gasteiger partial charge in [-0.25, -0.2) is 0 Å². The van der Waals surface area contributed by atoms with Gasteiger partial charge in [-0.2, -0.15) is 0 Å². The van der Waals surface area contributed by atoms with Crippen molar-refractivity contribution in [2.75, 3.05) is 39.3 Å². The largest absolute Gasteiger partial charge is 0.396 e. The van der Waals surface area contributed by atoms with E-state index >= 15 is 0 Å². The minimum Gasteiger partial charge on any atom is -0.396 e. The molecule has 0 spiro atoms. The van der Waals surface area contributed by atoms with Gasteiger partial charge in [0.15, 0.2) is 0 Å². The van der Waals surface area contributed by atoms with Crippen LogP contribution in [0.1, 0.15) is 31.7 Å². The Labute approximate surface area is 135 Å². The standard InChI is InChI=1S/C18H31N3O/c1-15(2)13-21-11-10-20(14-18(21)8-12-22)9-7-17-6-4-5-16(3)19-17/h4-6,15,18,22H,7-14H2,1-3H3. The number of aliphatic hydroxyl groups is 1. The van der Waals surface area contributed by atoms with Gasteiger partial charge in [-0.1, -0.05) is 19.9 Å². The predicted octanol–water partition coefficient (Wildman–Crippen LogP) is 1.96. The number of aromatic nitrogens is 1. The smallest absolute Gasteiger partial charge is 0.0446 e. The van der Waals surface area contributed by atoms with E-state index < -0.39 is 0 Å². The average Bonchev–Trinajstić information content (AvgIpc) is 2.47. The molecule has 1 unspecified atom stereocenters. The fourth-order valence-corrected chi connectivity index (χ4v) is 3.30. The summed E-state index contributed by atoms with van der Waals surface area (Å²) in [6, 6.07) is 6.75. The van der Waals surface area contributed by atoms with Crippen molar-refractivity contribution in [1.29, 1.82) is 0 Å². The highest BCUT2D eigenvalue weighted by molar-refractivity contribution is 5.10. The molecule has 1 saturated heterocycles. The number of aliphatic hydroxyl groups excluding tert-OH is 1. The monoisotopic (exact) mass is 305 g/mol. The fraction of sp³-hybridized carbons (Fsp3) is 0.722. The number of piperazine rings is 1.